The van der Waals surface area contributed by atoms with Crippen LogP contribution in [0.1, 0.15) is 0 Å². The SMILES string of the molecule is c1ccc(-c2ccc(N(c3ccc(-c4ccc5ccc6ccc7ccccc7c6c5c4)cc3)c3cc(-c4ccccc4)c4ccccc4c3)cc2)cc1. The van der Waals surface area contributed by atoms with Crippen LogP contribution in [0.2, 0.25) is 0 Å². The topological polar surface area (TPSA) is 3.24 Å². The molecular weight excluding hydrogens is 639 g/mol. The Kier molecular flexibility index (Phi) is 7.55. The highest BCUT2D eigenvalue weighted by Crippen LogP contribution is 2.42. The summed E-state index contributed by atoms with van der Waals surface area (Å²) in [5, 5.41) is 10.1. The maximum atomic E-state index is 2.39. The summed E-state index contributed by atoms with van der Waals surface area (Å²) < 4.78 is 0. The minimum atomic E-state index is 1.10. The van der Waals surface area contributed by atoms with Crippen LogP contribution in [-0.4, -0.2) is 0 Å². The second-order valence-corrected chi connectivity index (χ2v) is 13.8. The first kappa shape index (κ1) is 30.8. The lowest BCUT2D eigenvalue weighted by molar-refractivity contribution is 1.29. The van der Waals surface area contributed by atoms with Crippen molar-refractivity contribution in [1.82, 2.24) is 0 Å². The zero-order valence-corrected chi connectivity index (χ0v) is 29.2. The third-order valence-corrected chi connectivity index (χ3v) is 10.6. The molecule has 10 aromatic rings. The molecule has 0 unspecified atom stereocenters. The molecule has 0 atom stereocenters. The molecule has 0 radical (unpaired) electrons. The van der Waals surface area contributed by atoms with Crippen molar-refractivity contribution >= 4 is 60.2 Å². The molecule has 10 rings (SSSR count). The van der Waals surface area contributed by atoms with E-state index in [-0.39, 0.29) is 0 Å². The smallest absolute Gasteiger partial charge is 0.0474 e. The van der Waals surface area contributed by atoms with E-state index in [0.29, 0.717) is 0 Å². The van der Waals surface area contributed by atoms with Crippen molar-refractivity contribution in [2.75, 3.05) is 4.90 Å². The molecule has 0 aliphatic heterocycles. The van der Waals surface area contributed by atoms with Crippen molar-refractivity contribution in [2.45, 2.75) is 0 Å². The molecule has 0 aliphatic rings. The van der Waals surface area contributed by atoms with E-state index in [9.17, 15) is 0 Å². The summed E-state index contributed by atoms with van der Waals surface area (Å²) >= 11 is 0. The molecular formula is C52H35N. The first-order valence-electron chi connectivity index (χ1n) is 18.3. The number of nitrogens with zero attached hydrogens (tertiary/aromatic N) is 1. The van der Waals surface area contributed by atoms with Crippen molar-refractivity contribution in [3.8, 4) is 33.4 Å². The van der Waals surface area contributed by atoms with Gasteiger partial charge in [0.25, 0.3) is 0 Å². The van der Waals surface area contributed by atoms with Gasteiger partial charge in [-0.3, -0.25) is 0 Å². The van der Waals surface area contributed by atoms with Gasteiger partial charge < -0.3 is 4.90 Å². The molecule has 0 saturated heterocycles. The Balaban J connectivity index is 1.11. The zero-order valence-electron chi connectivity index (χ0n) is 29.2. The first-order valence-corrected chi connectivity index (χ1v) is 18.3. The molecule has 0 amide bonds. The van der Waals surface area contributed by atoms with Gasteiger partial charge in [0.1, 0.15) is 0 Å². The van der Waals surface area contributed by atoms with Crippen LogP contribution in [0.4, 0.5) is 17.1 Å². The van der Waals surface area contributed by atoms with Crippen LogP contribution < -0.4 is 4.90 Å². The molecule has 0 aromatic heterocycles. The molecule has 0 fully saturated rings. The van der Waals surface area contributed by atoms with Gasteiger partial charge in [0, 0.05) is 17.1 Å². The van der Waals surface area contributed by atoms with Crippen LogP contribution in [0.25, 0.3) is 76.5 Å². The van der Waals surface area contributed by atoms with E-state index >= 15 is 0 Å². The molecule has 248 valence electrons. The van der Waals surface area contributed by atoms with Gasteiger partial charge in [-0.15, -0.1) is 0 Å². The molecule has 0 spiro atoms. The number of benzene rings is 10. The summed E-state index contributed by atoms with van der Waals surface area (Å²) in [6, 6.07) is 77.2. The molecule has 10 aromatic carbocycles. The Morgan fingerprint density at radius 1 is 0.245 bits per heavy atom. The molecule has 0 bridgehead atoms. The third kappa shape index (κ3) is 5.60. The van der Waals surface area contributed by atoms with Crippen molar-refractivity contribution in [2.24, 2.45) is 0 Å². The van der Waals surface area contributed by atoms with E-state index in [4.69, 9.17) is 0 Å². The van der Waals surface area contributed by atoms with Gasteiger partial charge in [-0.2, -0.15) is 0 Å². The van der Waals surface area contributed by atoms with Crippen molar-refractivity contribution in [3.63, 3.8) is 0 Å². The minimum absolute atomic E-state index is 1.10. The van der Waals surface area contributed by atoms with Crippen LogP contribution in [0.15, 0.2) is 212 Å². The van der Waals surface area contributed by atoms with E-state index in [1.807, 2.05) is 0 Å². The molecule has 1 nitrogen and oxygen atoms in total. The number of rotatable bonds is 6. The second-order valence-electron chi connectivity index (χ2n) is 13.8. The Hall–Kier alpha value is -6.96. The molecule has 0 saturated carbocycles. The van der Waals surface area contributed by atoms with Crippen LogP contribution in [0.5, 0.6) is 0 Å². The fourth-order valence-electron chi connectivity index (χ4n) is 7.97. The lowest BCUT2D eigenvalue weighted by Gasteiger charge is -2.27. The van der Waals surface area contributed by atoms with E-state index in [1.54, 1.807) is 0 Å². The number of anilines is 3. The average molecular weight is 674 g/mol. The summed E-state index contributed by atoms with van der Waals surface area (Å²) in [6.45, 7) is 0. The summed E-state index contributed by atoms with van der Waals surface area (Å²) in [6.07, 6.45) is 0. The third-order valence-electron chi connectivity index (χ3n) is 10.6. The summed E-state index contributed by atoms with van der Waals surface area (Å²) in [5.41, 5.74) is 10.6. The summed E-state index contributed by atoms with van der Waals surface area (Å²) in [7, 11) is 0. The maximum absolute atomic E-state index is 2.39. The largest absolute Gasteiger partial charge is 0.310 e. The standard InChI is InChI=1S/C52H35N/c1-3-11-36(12-4-1)37-25-29-45(30-26-37)53(47-33-44-16-8-9-17-48(44)50(35-47)39-13-5-2-6-14-39)46-31-27-38(28-32-46)43-24-21-41-20-23-42-22-19-40-15-7-10-18-49(40)52(42)51(41)34-43/h1-35H. The van der Waals surface area contributed by atoms with Gasteiger partial charge in [0.2, 0.25) is 0 Å². The monoisotopic (exact) mass is 673 g/mol. The fourth-order valence-corrected chi connectivity index (χ4v) is 7.97. The highest BCUT2D eigenvalue weighted by Gasteiger charge is 2.17. The van der Waals surface area contributed by atoms with E-state index < -0.39 is 0 Å². The Morgan fingerprint density at radius 2 is 0.717 bits per heavy atom. The van der Waals surface area contributed by atoms with Crippen LogP contribution in [-0.2, 0) is 0 Å². The molecule has 53 heavy (non-hydrogen) atoms. The second kappa shape index (κ2) is 13.0. The van der Waals surface area contributed by atoms with Crippen LogP contribution >= 0.6 is 0 Å². The first-order chi connectivity index (χ1) is 26.3. The van der Waals surface area contributed by atoms with Gasteiger partial charge >= 0.3 is 0 Å². The van der Waals surface area contributed by atoms with Crippen LogP contribution in [0, 0.1) is 0 Å². The lowest BCUT2D eigenvalue weighted by Crippen LogP contribution is -2.10. The minimum Gasteiger partial charge on any atom is -0.310 e. The molecule has 1 heteroatoms. The summed E-state index contributed by atoms with van der Waals surface area (Å²) in [5.74, 6) is 0. The fraction of sp³-hybridized carbons (Fsp3) is 0. The van der Waals surface area contributed by atoms with Gasteiger partial charge in [-0.1, -0.05) is 170 Å². The highest BCUT2D eigenvalue weighted by molar-refractivity contribution is 6.20. The number of hydrogen-bond donors (Lipinski definition) is 0. The molecule has 0 aliphatic carbocycles. The highest BCUT2D eigenvalue weighted by atomic mass is 15.1. The van der Waals surface area contributed by atoms with Crippen LogP contribution in [0.3, 0.4) is 0 Å². The quantitative estimate of drug-likeness (QED) is 0.159. The van der Waals surface area contributed by atoms with Crippen molar-refractivity contribution in [1.29, 1.82) is 0 Å². The Bertz CT molecular complexity index is 2900. The number of fused-ring (bicyclic) bond motifs is 6. The van der Waals surface area contributed by atoms with Crippen molar-refractivity contribution in [3.05, 3.63) is 212 Å². The Morgan fingerprint density at radius 3 is 1.40 bits per heavy atom. The normalized spacial score (nSPS) is 11.4. The molecule has 0 N–H and O–H groups in total. The number of hydrogen-bond acceptors (Lipinski definition) is 1. The predicted molar refractivity (Wildman–Crippen MR) is 227 cm³/mol. The Labute approximate surface area is 309 Å². The lowest BCUT2D eigenvalue weighted by atomic mass is 9.94. The zero-order chi connectivity index (χ0) is 35.1. The maximum Gasteiger partial charge on any atom is 0.0474 e. The predicted octanol–water partition coefficient (Wildman–Crippen LogP) is 14.8. The van der Waals surface area contributed by atoms with E-state index in [0.717, 1.165) is 17.1 Å². The van der Waals surface area contributed by atoms with Gasteiger partial charge in [0.05, 0.1) is 0 Å². The molecule has 0 heterocycles. The van der Waals surface area contributed by atoms with E-state index in [1.165, 1.54) is 76.5 Å². The van der Waals surface area contributed by atoms with Crippen molar-refractivity contribution < 1.29 is 0 Å². The average Bonchev–Trinajstić information content (AvgIpc) is 3.24. The van der Waals surface area contributed by atoms with Gasteiger partial charge in [-0.05, 0) is 119 Å². The van der Waals surface area contributed by atoms with Gasteiger partial charge in [-0.25, -0.2) is 0 Å². The van der Waals surface area contributed by atoms with E-state index in [2.05, 4.69) is 217 Å². The van der Waals surface area contributed by atoms with Gasteiger partial charge in [0.15, 0.2) is 0 Å². The summed E-state index contributed by atoms with van der Waals surface area (Å²) in [4.78, 5) is 2.39.